The molecule has 1 N–H and O–H groups in total. The molecule has 2 aliphatic heterocycles. The molecule has 1 saturated heterocycles. The SMILES string of the molecule is CC1(N2CC=Cc3ccccc32)CC(OCCS(C)(=O)=O)CCN1C(=O)O. The zero-order chi connectivity index (χ0) is 19.7. The van der Waals surface area contributed by atoms with Crippen LogP contribution in [0.25, 0.3) is 6.08 Å². The van der Waals surface area contributed by atoms with E-state index in [2.05, 4.69) is 4.90 Å². The molecule has 1 aromatic rings. The number of likely N-dealkylation sites (tertiary alicyclic amines) is 1. The maximum atomic E-state index is 11.9. The molecule has 27 heavy (non-hydrogen) atoms. The Hall–Kier alpha value is -2.06. The highest BCUT2D eigenvalue weighted by Gasteiger charge is 2.46. The van der Waals surface area contributed by atoms with Crippen LogP contribution < -0.4 is 4.90 Å². The summed E-state index contributed by atoms with van der Waals surface area (Å²) in [6.45, 7) is 3.00. The standard InChI is InChI=1S/C19H26N2O5S/c1-19(20-10-5-7-15-6-3-4-8-17(15)20)14-16(9-11-21(19)18(22)23)26-12-13-27(2,24)25/h3-8,16H,9-14H2,1-2H3,(H,22,23). The maximum Gasteiger partial charge on any atom is 0.409 e. The van der Waals surface area contributed by atoms with Crippen LogP contribution in [0.15, 0.2) is 30.3 Å². The molecule has 1 amide bonds. The average molecular weight is 394 g/mol. The molecule has 0 bridgehead atoms. The number of ether oxygens (including phenoxy) is 1. The smallest absolute Gasteiger partial charge is 0.409 e. The highest BCUT2D eigenvalue weighted by molar-refractivity contribution is 7.90. The van der Waals surface area contributed by atoms with Gasteiger partial charge in [-0.3, -0.25) is 4.90 Å². The summed E-state index contributed by atoms with van der Waals surface area (Å²) in [5.41, 5.74) is 1.27. The number of carbonyl (C=O) groups is 1. The minimum absolute atomic E-state index is 0.0296. The van der Waals surface area contributed by atoms with Gasteiger partial charge < -0.3 is 14.7 Å². The molecule has 7 nitrogen and oxygen atoms in total. The van der Waals surface area contributed by atoms with E-state index in [1.165, 1.54) is 11.2 Å². The van der Waals surface area contributed by atoms with E-state index < -0.39 is 21.6 Å². The van der Waals surface area contributed by atoms with Gasteiger partial charge in [-0.2, -0.15) is 0 Å². The van der Waals surface area contributed by atoms with Gasteiger partial charge in [-0.25, -0.2) is 13.2 Å². The zero-order valence-corrected chi connectivity index (χ0v) is 16.5. The van der Waals surface area contributed by atoms with Crippen molar-refractivity contribution in [3.8, 4) is 0 Å². The monoisotopic (exact) mass is 394 g/mol. The van der Waals surface area contributed by atoms with Crippen LogP contribution in [0, 0.1) is 0 Å². The number of piperidine rings is 1. The molecule has 2 aliphatic rings. The molecule has 1 aromatic carbocycles. The molecule has 148 valence electrons. The summed E-state index contributed by atoms with van der Waals surface area (Å²) in [5.74, 6) is -0.0296. The van der Waals surface area contributed by atoms with Gasteiger partial charge in [0, 0.05) is 31.5 Å². The van der Waals surface area contributed by atoms with Gasteiger partial charge >= 0.3 is 6.09 Å². The number of rotatable bonds is 5. The van der Waals surface area contributed by atoms with Crippen molar-refractivity contribution in [2.24, 2.45) is 0 Å². The number of amides is 1. The summed E-state index contributed by atoms with van der Waals surface area (Å²) < 4.78 is 28.5. The largest absolute Gasteiger partial charge is 0.465 e. The summed E-state index contributed by atoms with van der Waals surface area (Å²) >= 11 is 0. The number of carboxylic acid groups (broad SMARTS) is 1. The molecule has 8 heteroatoms. The van der Waals surface area contributed by atoms with Crippen molar-refractivity contribution in [3.63, 3.8) is 0 Å². The van der Waals surface area contributed by atoms with Gasteiger partial charge in [-0.05, 0) is 25.0 Å². The number of benzene rings is 1. The van der Waals surface area contributed by atoms with Crippen LogP contribution >= 0.6 is 0 Å². The van der Waals surface area contributed by atoms with E-state index in [1.54, 1.807) is 0 Å². The first kappa shape index (κ1) is 19.7. The summed E-state index contributed by atoms with van der Waals surface area (Å²) in [4.78, 5) is 15.5. The van der Waals surface area contributed by atoms with Crippen molar-refractivity contribution < 1.29 is 23.1 Å². The fraction of sp³-hybridized carbons (Fsp3) is 0.526. The van der Waals surface area contributed by atoms with Crippen LogP contribution in [-0.2, 0) is 14.6 Å². The van der Waals surface area contributed by atoms with Gasteiger partial charge in [0.25, 0.3) is 0 Å². The van der Waals surface area contributed by atoms with Crippen molar-refractivity contribution in [2.75, 3.05) is 36.6 Å². The highest BCUT2D eigenvalue weighted by Crippen LogP contribution is 2.39. The third-order valence-corrected chi connectivity index (χ3v) is 6.21. The predicted molar refractivity (Wildman–Crippen MR) is 105 cm³/mol. The average Bonchev–Trinajstić information content (AvgIpc) is 2.60. The maximum absolute atomic E-state index is 11.9. The van der Waals surface area contributed by atoms with Gasteiger partial charge in [-0.15, -0.1) is 0 Å². The number of sulfone groups is 1. The van der Waals surface area contributed by atoms with Gasteiger partial charge in [-0.1, -0.05) is 30.4 Å². The van der Waals surface area contributed by atoms with Crippen molar-refractivity contribution in [3.05, 3.63) is 35.9 Å². The van der Waals surface area contributed by atoms with E-state index in [4.69, 9.17) is 4.74 Å². The Kier molecular flexibility index (Phi) is 5.48. The van der Waals surface area contributed by atoms with Crippen molar-refractivity contribution in [1.82, 2.24) is 4.90 Å². The van der Waals surface area contributed by atoms with Crippen LogP contribution in [0.3, 0.4) is 0 Å². The fourth-order valence-corrected chi connectivity index (χ4v) is 4.34. The zero-order valence-electron chi connectivity index (χ0n) is 15.7. The fourth-order valence-electron chi connectivity index (χ4n) is 3.94. The minimum atomic E-state index is -3.09. The van der Waals surface area contributed by atoms with Crippen molar-refractivity contribution >= 4 is 27.7 Å². The lowest BCUT2D eigenvalue weighted by molar-refractivity contribution is -0.0372. The van der Waals surface area contributed by atoms with E-state index in [9.17, 15) is 18.3 Å². The van der Waals surface area contributed by atoms with Crippen LogP contribution in [-0.4, -0.2) is 68.0 Å². The third-order valence-electron chi connectivity index (χ3n) is 5.30. The lowest BCUT2D eigenvalue weighted by atomic mass is 9.90. The molecule has 0 spiro atoms. The van der Waals surface area contributed by atoms with Gasteiger partial charge in [0.1, 0.15) is 15.5 Å². The molecule has 0 saturated carbocycles. The number of para-hydroxylation sites is 1. The van der Waals surface area contributed by atoms with Crippen LogP contribution in [0.4, 0.5) is 10.5 Å². The molecule has 0 aromatic heterocycles. The van der Waals surface area contributed by atoms with E-state index in [0.29, 0.717) is 25.9 Å². The van der Waals surface area contributed by atoms with Crippen molar-refractivity contribution in [1.29, 1.82) is 0 Å². The Labute approximate surface area is 160 Å². The normalized spacial score (nSPS) is 25.3. The second kappa shape index (κ2) is 7.52. The topological polar surface area (TPSA) is 87.2 Å². The Morgan fingerprint density at radius 3 is 2.81 bits per heavy atom. The molecule has 2 atom stereocenters. The Morgan fingerprint density at radius 1 is 1.37 bits per heavy atom. The highest BCUT2D eigenvalue weighted by atomic mass is 32.2. The number of hydrogen-bond donors (Lipinski definition) is 1. The van der Waals surface area contributed by atoms with Crippen LogP contribution in [0.1, 0.15) is 25.3 Å². The minimum Gasteiger partial charge on any atom is -0.465 e. The number of anilines is 1. The van der Waals surface area contributed by atoms with Gasteiger partial charge in [0.15, 0.2) is 0 Å². The number of hydrogen-bond acceptors (Lipinski definition) is 5. The first-order valence-corrected chi connectivity index (χ1v) is 11.1. The summed E-state index contributed by atoms with van der Waals surface area (Å²) in [7, 11) is -3.09. The third kappa shape index (κ3) is 4.27. The van der Waals surface area contributed by atoms with E-state index in [0.717, 1.165) is 11.3 Å². The first-order valence-electron chi connectivity index (χ1n) is 9.04. The quantitative estimate of drug-likeness (QED) is 0.825. The lowest BCUT2D eigenvalue weighted by Crippen LogP contribution is -2.65. The first-order chi connectivity index (χ1) is 12.7. The molecule has 0 radical (unpaired) electrons. The Bertz CT molecular complexity index is 838. The number of nitrogens with zero attached hydrogens (tertiary/aromatic N) is 2. The van der Waals surface area contributed by atoms with Crippen molar-refractivity contribution in [2.45, 2.75) is 31.5 Å². The molecule has 2 unspecified atom stereocenters. The number of fused-ring (bicyclic) bond motifs is 1. The molecule has 2 heterocycles. The molecular formula is C19H26N2O5S. The predicted octanol–water partition coefficient (Wildman–Crippen LogP) is 2.44. The molecule has 1 fully saturated rings. The Balaban J connectivity index is 1.84. The summed E-state index contributed by atoms with van der Waals surface area (Å²) in [6, 6.07) is 7.91. The molecular weight excluding hydrogens is 368 g/mol. The van der Waals surface area contributed by atoms with Crippen LogP contribution in [0.5, 0.6) is 0 Å². The lowest BCUT2D eigenvalue weighted by Gasteiger charge is -2.53. The second-order valence-electron chi connectivity index (χ2n) is 7.34. The molecule has 3 rings (SSSR count). The Morgan fingerprint density at radius 2 is 2.11 bits per heavy atom. The van der Waals surface area contributed by atoms with E-state index in [-0.39, 0.29) is 18.5 Å². The van der Waals surface area contributed by atoms with Crippen LogP contribution in [0.2, 0.25) is 0 Å². The van der Waals surface area contributed by atoms with E-state index in [1.807, 2.05) is 43.3 Å². The van der Waals surface area contributed by atoms with E-state index >= 15 is 0 Å². The molecule has 0 aliphatic carbocycles. The second-order valence-corrected chi connectivity index (χ2v) is 9.60. The summed E-state index contributed by atoms with van der Waals surface area (Å²) in [6.07, 6.45) is 5.14. The van der Waals surface area contributed by atoms with Gasteiger partial charge in [0.2, 0.25) is 0 Å². The summed E-state index contributed by atoms with van der Waals surface area (Å²) in [5, 5.41) is 9.78. The van der Waals surface area contributed by atoms with Gasteiger partial charge in [0.05, 0.1) is 18.5 Å².